The minimum absolute atomic E-state index is 0.136. The summed E-state index contributed by atoms with van der Waals surface area (Å²) in [7, 11) is 1.59. The summed E-state index contributed by atoms with van der Waals surface area (Å²) in [5.41, 5.74) is 2.24. The van der Waals surface area contributed by atoms with E-state index in [2.05, 4.69) is 31.1 Å². The predicted octanol–water partition coefficient (Wildman–Crippen LogP) is 4.41. The van der Waals surface area contributed by atoms with Crippen LogP contribution in [0.3, 0.4) is 0 Å². The van der Waals surface area contributed by atoms with Crippen molar-refractivity contribution in [3.05, 3.63) is 51.9 Å². The fourth-order valence-electron chi connectivity index (χ4n) is 3.89. The Balaban J connectivity index is 2.11. The van der Waals surface area contributed by atoms with E-state index in [-0.39, 0.29) is 22.9 Å². The lowest BCUT2D eigenvalue weighted by atomic mass is 9.83. The average Bonchev–Trinajstić information content (AvgIpc) is 2.67. The highest BCUT2D eigenvalue weighted by atomic mass is 16.5. The summed E-state index contributed by atoms with van der Waals surface area (Å²) < 4.78 is 5.69. The molecule has 0 aliphatic heterocycles. The number of pyridine rings is 1. The standard InChI is InChI=1S/C23H30N2O3/c1-23(2,3)19-14-15(17-11-8-12-24-21(17)26)13-18(20(19)28-4)22(27)25-16-9-6-5-7-10-16/h8,11-14,16H,5-7,9-10H2,1-4H3,(H,24,26)(H,25,27). The fourth-order valence-corrected chi connectivity index (χ4v) is 3.89. The third-order valence-electron chi connectivity index (χ3n) is 5.42. The van der Waals surface area contributed by atoms with Crippen LogP contribution in [0.15, 0.2) is 35.3 Å². The van der Waals surface area contributed by atoms with Crippen LogP contribution in [-0.4, -0.2) is 24.0 Å². The molecule has 2 aromatic rings. The van der Waals surface area contributed by atoms with Crippen LogP contribution in [0.1, 0.15) is 68.8 Å². The number of ether oxygens (including phenoxy) is 1. The molecule has 1 saturated carbocycles. The monoisotopic (exact) mass is 382 g/mol. The summed E-state index contributed by atoms with van der Waals surface area (Å²) in [5.74, 6) is 0.445. The molecule has 0 bridgehead atoms. The highest BCUT2D eigenvalue weighted by molar-refractivity contribution is 5.99. The van der Waals surface area contributed by atoms with Gasteiger partial charge in [0, 0.05) is 23.4 Å². The van der Waals surface area contributed by atoms with E-state index in [1.54, 1.807) is 31.5 Å². The Hall–Kier alpha value is -2.56. The zero-order chi connectivity index (χ0) is 20.3. The normalized spacial score (nSPS) is 15.3. The summed E-state index contributed by atoms with van der Waals surface area (Å²) in [6, 6.07) is 7.50. The smallest absolute Gasteiger partial charge is 0.255 e. The second-order valence-corrected chi connectivity index (χ2v) is 8.58. The first kappa shape index (κ1) is 20.2. The number of benzene rings is 1. The Morgan fingerprint density at radius 1 is 1.18 bits per heavy atom. The molecule has 0 radical (unpaired) electrons. The molecular weight excluding hydrogens is 352 g/mol. The number of aromatic amines is 1. The first-order valence-electron chi connectivity index (χ1n) is 10.0. The first-order chi connectivity index (χ1) is 13.3. The lowest BCUT2D eigenvalue weighted by molar-refractivity contribution is 0.0924. The topological polar surface area (TPSA) is 71.2 Å². The Morgan fingerprint density at radius 3 is 2.50 bits per heavy atom. The van der Waals surface area contributed by atoms with E-state index < -0.39 is 0 Å². The number of rotatable bonds is 4. The third kappa shape index (κ3) is 4.29. The highest BCUT2D eigenvalue weighted by Gasteiger charge is 2.27. The van der Waals surface area contributed by atoms with Crippen LogP contribution in [0.4, 0.5) is 0 Å². The third-order valence-corrected chi connectivity index (χ3v) is 5.42. The molecule has 0 spiro atoms. The number of carbonyl (C=O) groups is 1. The SMILES string of the molecule is COc1c(C(=O)NC2CCCCC2)cc(-c2ccc[nH]c2=O)cc1C(C)(C)C. The fraction of sp³-hybridized carbons (Fsp3) is 0.478. The largest absolute Gasteiger partial charge is 0.496 e. The van der Waals surface area contributed by atoms with Crippen molar-refractivity contribution in [2.45, 2.75) is 64.3 Å². The Kier molecular flexibility index (Phi) is 5.92. The molecule has 1 amide bonds. The van der Waals surface area contributed by atoms with Crippen LogP contribution in [0, 0.1) is 0 Å². The number of hydrogen-bond donors (Lipinski definition) is 2. The lowest BCUT2D eigenvalue weighted by Crippen LogP contribution is -2.36. The summed E-state index contributed by atoms with van der Waals surface area (Å²) in [4.78, 5) is 28.2. The lowest BCUT2D eigenvalue weighted by Gasteiger charge is -2.27. The molecule has 0 saturated heterocycles. The van der Waals surface area contributed by atoms with Gasteiger partial charge in [-0.2, -0.15) is 0 Å². The molecule has 1 aromatic heterocycles. The van der Waals surface area contributed by atoms with Gasteiger partial charge in [0.2, 0.25) is 0 Å². The molecule has 0 atom stereocenters. The van der Waals surface area contributed by atoms with E-state index in [0.29, 0.717) is 16.9 Å². The maximum atomic E-state index is 13.2. The molecule has 0 unspecified atom stereocenters. The van der Waals surface area contributed by atoms with Gasteiger partial charge in [-0.05, 0) is 48.1 Å². The van der Waals surface area contributed by atoms with Gasteiger partial charge in [0.05, 0.1) is 12.7 Å². The van der Waals surface area contributed by atoms with Crippen molar-refractivity contribution in [1.82, 2.24) is 10.3 Å². The van der Waals surface area contributed by atoms with E-state index in [1.165, 1.54) is 6.42 Å². The second-order valence-electron chi connectivity index (χ2n) is 8.58. The predicted molar refractivity (Wildman–Crippen MR) is 112 cm³/mol. The van der Waals surface area contributed by atoms with E-state index >= 15 is 0 Å². The quantitative estimate of drug-likeness (QED) is 0.823. The van der Waals surface area contributed by atoms with Gasteiger partial charge in [0.15, 0.2) is 0 Å². The van der Waals surface area contributed by atoms with Crippen LogP contribution in [0.5, 0.6) is 5.75 Å². The van der Waals surface area contributed by atoms with Gasteiger partial charge in [-0.25, -0.2) is 0 Å². The van der Waals surface area contributed by atoms with Crippen molar-refractivity contribution in [1.29, 1.82) is 0 Å². The molecule has 5 nitrogen and oxygen atoms in total. The van der Waals surface area contributed by atoms with Crippen LogP contribution in [0.2, 0.25) is 0 Å². The summed E-state index contributed by atoms with van der Waals surface area (Å²) in [6.07, 6.45) is 7.16. The van der Waals surface area contributed by atoms with Crippen molar-refractivity contribution < 1.29 is 9.53 Å². The molecule has 3 rings (SSSR count). The molecule has 5 heteroatoms. The second kappa shape index (κ2) is 8.21. The summed E-state index contributed by atoms with van der Waals surface area (Å²) in [5, 5.41) is 3.18. The van der Waals surface area contributed by atoms with Crippen molar-refractivity contribution >= 4 is 5.91 Å². The zero-order valence-electron chi connectivity index (χ0n) is 17.2. The maximum absolute atomic E-state index is 13.2. The van der Waals surface area contributed by atoms with Crippen LogP contribution >= 0.6 is 0 Å². The van der Waals surface area contributed by atoms with Gasteiger partial charge in [-0.3, -0.25) is 9.59 Å². The van der Waals surface area contributed by atoms with Gasteiger partial charge in [-0.15, -0.1) is 0 Å². The van der Waals surface area contributed by atoms with Gasteiger partial charge in [-0.1, -0.05) is 40.0 Å². The minimum atomic E-state index is -0.247. The van der Waals surface area contributed by atoms with Crippen LogP contribution < -0.4 is 15.6 Å². The molecule has 150 valence electrons. The van der Waals surface area contributed by atoms with Crippen molar-refractivity contribution in [2.24, 2.45) is 0 Å². The Bertz CT molecular complexity index is 903. The number of aromatic nitrogens is 1. The molecular formula is C23H30N2O3. The number of nitrogens with one attached hydrogen (secondary N) is 2. The van der Waals surface area contributed by atoms with Crippen LogP contribution in [-0.2, 0) is 5.41 Å². The number of methoxy groups -OCH3 is 1. The molecule has 1 fully saturated rings. The zero-order valence-corrected chi connectivity index (χ0v) is 17.2. The molecule has 2 N–H and O–H groups in total. The average molecular weight is 383 g/mol. The van der Waals surface area contributed by atoms with E-state index in [1.807, 2.05) is 6.07 Å². The number of amides is 1. The van der Waals surface area contributed by atoms with Gasteiger partial charge < -0.3 is 15.0 Å². The number of H-pyrrole nitrogens is 1. The van der Waals surface area contributed by atoms with E-state index in [0.717, 1.165) is 36.8 Å². The highest BCUT2D eigenvalue weighted by Crippen LogP contribution is 2.37. The summed E-state index contributed by atoms with van der Waals surface area (Å²) >= 11 is 0. The van der Waals surface area contributed by atoms with Gasteiger partial charge in [0.25, 0.3) is 11.5 Å². The molecule has 28 heavy (non-hydrogen) atoms. The van der Waals surface area contributed by atoms with E-state index in [9.17, 15) is 9.59 Å². The molecule has 1 aromatic carbocycles. The summed E-state index contributed by atoms with van der Waals surface area (Å²) in [6.45, 7) is 6.23. The molecule has 1 heterocycles. The van der Waals surface area contributed by atoms with Gasteiger partial charge in [0.1, 0.15) is 5.75 Å². The molecule has 1 aliphatic carbocycles. The number of carbonyl (C=O) groups excluding carboxylic acids is 1. The van der Waals surface area contributed by atoms with Crippen molar-refractivity contribution in [3.63, 3.8) is 0 Å². The first-order valence-corrected chi connectivity index (χ1v) is 10.0. The minimum Gasteiger partial charge on any atom is -0.496 e. The molecule has 1 aliphatic rings. The van der Waals surface area contributed by atoms with Gasteiger partial charge >= 0.3 is 0 Å². The maximum Gasteiger partial charge on any atom is 0.255 e. The van der Waals surface area contributed by atoms with Crippen molar-refractivity contribution in [2.75, 3.05) is 7.11 Å². The van der Waals surface area contributed by atoms with E-state index in [4.69, 9.17) is 4.74 Å². The Morgan fingerprint density at radius 2 is 1.89 bits per heavy atom. The number of hydrogen-bond acceptors (Lipinski definition) is 3. The van der Waals surface area contributed by atoms with Crippen molar-refractivity contribution in [3.8, 4) is 16.9 Å². The van der Waals surface area contributed by atoms with Crippen LogP contribution in [0.25, 0.3) is 11.1 Å². The Labute approximate surface area is 166 Å².